The number of nitrogens with one attached hydrogen (secondary N) is 2. The van der Waals surface area contributed by atoms with Crippen LogP contribution in [0.3, 0.4) is 0 Å². The van der Waals surface area contributed by atoms with Crippen LogP contribution in [0.5, 0.6) is 0 Å². The van der Waals surface area contributed by atoms with Crippen LogP contribution in [0, 0.1) is 0 Å². The molecule has 22 heavy (non-hydrogen) atoms. The van der Waals surface area contributed by atoms with Gasteiger partial charge in [-0.3, -0.25) is 9.59 Å². The highest BCUT2D eigenvalue weighted by Gasteiger charge is 2.17. The van der Waals surface area contributed by atoms with Crippen LogP contribution in [-0.4, -0.2) is 17.9 Å². The van der Waals surface area contributed by atoms with E-state index in [2.05, 4.69) is 10.6 Å². The highest BCUT2D eigenvalue weighted by Crippen LogP contribution is 2.07. The number of carbonyl (C=O) groups excluding carboxylic acids is 2. The molecule has 2 rings (SSSR count). The fourth-order valence-corrected chi connectivity index (χ4v) is 1.89. The second-order valence-electron chi connectivity index (χ2n) is 4.90. The van der Waals surface area contributed by atoms with Crippen LogP contribution in [0.25, 0.3) is 0 Å². The fraction of sp³-hybridized carbons (Fsp3) is 0.250. The van der Waals surface area contributed by atoms with Gasteiger partial charge in [0.1, 0.15) is 18.1 Å². The van der Waals surface area contributed by atoms with Crippen molar-refractivity contribution in [3.8, 4) is 0 Å². The first-order valence-corrected chi connectivity index (χ1v) is 7.00. The van der Waals surface area contributed by atoms with E-state index in [0.717, 1.165) is 5.56 Å². The van der Waals surface area contributed by atoms with E-state index in [1.54, 1.807) is 13.0 Å². The maximum atomic E-state index is 12.0. The molecule has 6 heteroatoms. The molecule has 0 spiro atoms. The van der Waals surface area contributed by atoms with Gasteiger partial charge in [-0.15, -0.1) is 0 Å². The summed E-state index contributed by atoms with van der Waals surface area (Å²) in [6.07, 6.45) is 1.33. The molecule has 0 saturated carbocycles. The minimum Gasteiger partial charge on any atom is -0.467 e. The summed E-state index contributed by atoms with van der Waals surface area (Å²) in [6, 6.07) is 10.5. The van der Waals surface area contributed by atoms with E-state index >= 15 is 0 Å². The van der Waals surface area contributed by atoms with Gasteiger partial charge >= 0.3 is 0 Å². The van der Waals surface area contributed by atoms with Gasteiger partial charge in [-0.1, -0.05) is 30.3 Å². The summed E-state index contributed by atoms with van der Waals surface area (Å²) in [5, 5.41) is 5.39. The van der Waals surface area contributed by atoms with Gasteiger partial charge < -0.3 is 20.8 Å². The SMILES string of the molecule is CC(NC(=O)c1coc(CN)c1)C(=O)NCc1ccccc1. The van der Waals surface area contributed by atoms with Gasteiger partial charge in [0.2, 0.25) is 5.91 Å². The molecule has 1 aromatic carbocycles. The predicted molar refractivity (Wildman–Crippen MR) is 81.8 cm³/mol. The van der Waals surface area contributed by atoms with Gasteiger partial charge in [0.05, 0.1) is 12.1 Å². The van der Waals surface area contributed by atoms with Crippen molar-refractivity contribution in [2.24, 2.45) is 5.73 Å². The third-order valence-corrected chi connectivity index (χ3v) is 3.17. The molecule has 0 aliphatic carbocycles. The molecule has 6 nitrogen and oxygen atoms in total. The highest BCUT2D eigenvalue weighted by atomic mass is 16.3. The van der Waals surface area contributed by atoms with E-state index in [-0.39, 0.29) is 18.4 Å². The monoisotopic (exact) mass is 301 g/mol. The Labute approximate surface area is 128 Å². The summed E-state index contributed by atoms with van der Waals surface area (Å²) in [5.41, 5.74) is 6.77. The van der Waals surface area contributed by atoms with Crippen LogP contribution in [0.4, 0.5) is 0 Å². The van der Waals surface area contributed by atoms with E-state index in [1.807, 2.05) is 30.3 Å². The Hall–Kier alpha value is -2.60. The van der Waals surface area contributed by atoms with E-state index in [0.29, 0.717) is 17.9 Å². The number of amides is 2. The van der Waals surface area contributed by atoms with Gasteiger partial charge in [-0.25, -0.2) is 0 Å². The Morgan fingerprint density at radius 3 is 2.64 bits per heavy atom. The smallest absolute Gasteiger partial charge is 0.255 e. The van der Waals surface area contributed by atoms with E-state index < -0.39 is 6.04 Å². The number of hydrogen-bond acceptors (Lipinski definition) is 4. The molecular weight excluding hydrogens is 282 g/mol. The first-order chi connectivity index (χ1) is 10.6. The summed E-state index contributed by atoms with van der Waals surface area (Å²) >= 11 is 0. The molecule has 0 aliphatic heterocycles. The summed E-state index contributed by atoms with van der Waals surface area (Å²) in [6.45, 7) is 2.27. The van der Waals surface area contributed by atoms with Crippen LogP contribution in [0.1, 0.15) is 28.6 Å². The fourth-order valence-electron chi connectivity index (χ4n) is 1.89. The molecular formula is C16H19N3O3. The summed E-state index contributed by atoms with van der Waals surface area (Å²) in [5.74, 6) is -0.100. The zero-order valence-electron chi connectivity index (χ0n) is 12.3. The Morgan fingerprint density at radius 1 is 1.27 bits per heavy atom. The minimum absolute atomic E-state index is 0.223. The maximum Gasteiger partial charge on any atom is 0.255 e. The van der Waals surface area contributed by atoms with Crippen LogP contribution in [0.15, 0.2) is 47.1 Å². The van der Waals surface area contributed by atoms with Crippen molar-refractivity contribution in [2.75, 3.05) is 0 Å². The molecule has 1 heterocycles. The molecule has 0 fully saturated rings. The molecule has 1 aromatic heterocycles. The number of rotatable bonds is 6. The lowest BCUT2D eigenvalue weighted by Crippen LogP contribution is -2.44. The lowest BCUT2D eigenvalue weighted by molar-refractivity contribution is -0.122. The third kappa shape index (κ3) is 4.20. The van der Waals surface area contributed by atoms with Crippen LogP contribution >= 0.6 is 0 Å². The lowest BCUT2D eigenvalue weighted by Gasteiger charge is -2.13. The average molecular weight is 301 g/mol. The number of nitrogens with two attached hydrogens (primary N) is 1. The standard InChI is InChI=1S/C16H19N3O3/c1-11(15(20)18-9-12-5-3-2-4-6-12)19-16(21)13-7-14(8-17)22-10-13/h2-7,10-11H,8-9,17H2,1H3,(H,18,20)(H,19,21). The minimum atomic E-state index is -0.646. The largest absolute Gasteiger partial charge is 0.467 e. The van der Waals surface area contributed by atoms with Crippen molar-refractivity contribution in [3.05, 3.63) is 59.5 Å². The van der Waals surface area contributed by atoms with Crippen molar-refractivity contribution >= 4 is 11.8 Å². The Morgan fingerprint density at radius 2 is 2.00 bits per heavy atom. The van der Waals surface area contributed by atoms with Crippen molar-refractivity contribution < 1.29 is 14.0 Å². The lowest BCUT2D eigenvalue weighted by atomic mass is 10.2. The predicted octanol–water partition coefficient (Wildman–Crippen LogP) is 1.17. The van der Waals surface area contributed by atoms with Gasteiger partial charge in [-0.05, 0) is 18.6 Å². The first kappa shape index (κ1) is 15.8. The second kappa shape index (κ2) is 7.42. The normalized spacial score (nSPS) is 11.7. The molecule has 0 radical (unpaired) electrons. The summed E-state index contributed by atoms with van der Waals surface area (Å²) in [4.78, 5) is 23.9. The Bertz CT molecular complexity index is 637. The molecule has 116 valence electrons. The van der Waals surface area contributed by atoms with Crippen LogP contribution in [0.2, 0.25) is 0 Å². The number of carbonyl (C=O) groups is 2. The van der Waals surface area contributed by atoms with Gasteiger partial charge in [0, 0.05) is 6.54 Å². The van der Waals surface area contributed by atoms with Crippen LogP contribution < -0.4 is 16.4 Å². The Balaban J connectivity index is 1.84. The molecule has 0 saturated heterocycles. The number of benzene rings is 1. The number of furan rings is 1. The molecule has 0 bridgehead atoms. The second-order valence-corrected chi connectivity index (χ2v) is 4.90. The van der Waals surface area contributed by atoms with Gasteiger partial charge in [-0.2, -0.15) is 0 Å². The van der Waals surface area contributed by atoms with Gasteiger partial charge in [0.25, 0.3) is 5.91 Å². The van der Waals surface area contributed by atoms with Crippen molar-refractivity contribution in [1.82, 2.24) is 10.6 Å². The van der Waals surface area contributed by atoms with E-state index in [1.165, 1.54) is 6.26 Å². The molecule has 0 aliphatic rings. The van der Waals surface area contributed by atoms with Crippen molar-refractivity contribution in [3.63, 3.8) is 0 Å². The molecule has 1 atom stereocenters. The quantitative estimate of drug-likeness (QED) is 0.746. The van der Waals surface area contributed by atoms with Crippen LogP contribution in [-0.2, 0) is 17.9 Å². The maximum absolute atomic E-state index is 12.0. The third-order valence-electron chi connectivity index (χ3n) is 3.17. The van der Waals surface area contributed by atoms with E-state index in [9.17, 15) is 9.59 Å². The summed E-state index contributed by atoms with van der Waals surface area (Å²) < 4.78 is 5.10. The highest BCUT2D eigenvalue weighted by molar-refractivity contribution is 5.97. The average Bonchev–Trinajstić information content (AvgIpc) is 3.02. The number of hydrogen-bond donors (Lipinski definition) is 3. The zero-order valence-corrected chi connectivity index (χ0v) is 12.3. The molecule has 1 unspecified atom stereocenters. The van der Waals surface area contributed by atoms with Crippen molar-refractivity contribution in [1.29, 1.82) is 0 Å². The topological polar surface area (TPSA) is 97.4 Å². The Kier molecular flexibility index (Phi) is 5.32. The first-order valence-electron chi connectivity index (χ1n) is 7.00. The van der Waals surface area contributed by atoms with Crippen molar-refractivity contribution in [2.45, 2.75) is 26.1 Å². The molecule has 2 amide bonds. The molecule has 4 N–H and O–H groups in total. The zero-order chi connectivity index (χ0) is 15.9. The summed E-state index contributed by atoms with van der Waals surface area (Å²) in [7, 11) is 0. The van der Waals surface area contributed by atoms with Gasteiger partial charge in [0.15, 0.2) is 0 Å². The van der Waals surface area contributed by atoms with E-state index in [4.69, 9.17) is 10.2 Å². The molecule has 2 aromatic rings.